The SMILES string of the molecule is CCC(C(=O)O)N(CC1CCCCC1)C(=O)C(=O)c1c[nH]c2ccccc12. The summed E-state index contributed by atoms with van der Waals surface area (Å²) in [4.78, 5) is 42.0. The maximum atomic E-state index is 13.1. The summed E-state index contributed by atoms with van der Waals surface area (Å²) >= 11 is 0. The Bertz CT molecular complexity index is 836. The van der Waals surface area contributed by atoms with Crippen molar-refractivity contribution >= 4 is 28.6 Å². The average Bonchev–Trinajstić information content (AvgIpc) is 3.11. The topological polar surface area (TPSA) is 90.5 Å². The van der Waals surface area contributed by atoms with E-state index in [4.69, 9.17) is 0 Å². The van der Waals surface area contributed by atoms with E-state index in [1.807, 2.05) is 18.2 Å². The first kappa shape index (κ1) is 19.1. The summed E-state index contributed by atoms with van der Waals surface area (Å²) in [6.07, 6.45) is 7.11. The molecule has 0 saturated heterocycles. The molecule has 2 aromatic rings. The number of nitrogens with one attached hydrogen (secondary N) is 1. The van der Waals surface area contributed by atoms with Gasteiger partial charge in [-0.05, 0) is 31.2 Å². The zero-order valence-corrected chi connectivity index (χ0v) is 15.6. The molecule has 6 nitrogen and oxygen atoms in total. The van der Waals surface area contributed by atoms with Crippen molar-refractivity contribution in [2.75, 3.05) is 6.54 Å². The number of hydrogen-bond acceptors (Lipinski definition) is 3. The number of aliphatic carboxylic acids is 1. The molecule has 1 heterocycles. The van der Waals surface area contributed by atoms with E-state index in [0.717, 1.165) is 31.2 Å². The fourth-order valence-corrected chi connectivity index (χ4v) is 4.03. The molecule has 1 unspecified atom stereocenters. The second kappa shape index (κ2) is 8.37. The summed E-state index contributed by atoms with van der Waals surface area (Å²) in [6.45, 7) is 2.06. The lowest BCUT2D eigenvalue weighted by Gasteiger charge is -2.33. The van der Waals surface area contributed by atoms with Crippen molar-refractivity contribution in [1.82, 2.24) is 9.88 Å². The van der Waals surface area contributed by atoms with E-state index in [9.17, 15) is 19.5 Å². The third kappa shape index (κ3) is 4.04. The fourth-order valence-electron chi connectivity index (χ4n) is 4.03. The lowest BCUT2D eigenvalue weighted by atomic mass is 9.88. The number of fused-ring (bicyclic) bond motifs is 1. The minimum absolute atomic E-state index is 0.256. The van der Waals surface area contributed by atoms with Gasteiger partial charge < -0.3 is 15.0 Å². The molecular weight excluding hydrogens is 344 g/mol. The average molecular weight is 370 g/mol. The van der Waals surface area contributed by atoms with Gasteiger partial charge in [-0.2, -0.15) is 0 Å². The lowest BCUT2D eigenvalue weighted by Crippen LogP contribution is -2.49. The number of benzene rings is 1. The van der Waals surface area contributed by atoms with Gasteiger partial charge >= 0.3 is 5.97 Å². The van der Waals surface area contributed by atoms with Crippen LogP contribution in [-0.4, -0.2) is 45.2 Å². The third-order valence-electron chi connectivity index (χ3n) is 5.52. The molecule has 1 aliphatic carbocycles. The first-order valence-corrected chi connectivity index (χ1v) is 9.67. The number of carboxylic acid groups (broad SMARTS) is 1. The Morgan fingerprint density at radius 2 is 1.89 bits per heavy atom. The molecule has 1 saturated carbocycles. The molecule has 1 atom stereocenters. The van der Waals surface area contributed by atoms with E-state index in [1.54, 1.807) is 13.0 Å². The third-order valence-corrected chi connectivity index (χ3v) is 5.52. The van der Waals surface area contributed by atoms with Gasteiger partial charge in [0.2, 0.25) is 0 Å². The van der Waals surface area contributed by atoms with Crippen LogP contribution < -0.4 is 0 Å². The molecular formula is C21H26N2O4. The molecule has 0 bridgehead atoms. The number of nitrogens with zero attached hydrogens (tertiary/aromatic N) is 1. The molecule has 27 heavy (non-hydrogen) atoms. The number of carboxylic acids is 1. The van der Waals surface area contributed by atoms with Gasteiger partial charge in [-0.3, -0.25) is 9.59 Å². The summed E-state index contributed by atoms with van der Waals surface area (Å²) < 4.78 is 0. The number of aromatic nitrogens is 1. The second-order valence-electron chi connectivity index (χ2n) is 7.30. The molecule has 1 fully saturated rings. The number of amides is 1. The van der Waals surface area contributed by atoms with Crippen LogP contribution in [0.2, 0.25) is 0 Å². The van der Waals surface area contributed by atoms with E-state index in [-0.39, 0.29) is 12.3 Å². The minimum Gasteiger partial charge on any atom is -0.480 e. The van der Waals surface area contributed by atoms with Gasteiger partial charge in [0.1, 0.15) is 6.04 Å². The van der Waals surface area contributed by atoms with Gasteiger partial charge in [0.05, 0.1) is 5.56 Å². The Hall–Kier alpha value is -2.63. The Morgan fingerprint density at radius 3 is 2.56 bits per heavy atom. The molecule has 6 heteroatoms. The molecule has 1 aliphatic rings. The van der Waals surface area contributed by atoms with Crippen LogP contribution in [0.25, 0.3) is 10.9 Å². The van der Waals surface area contributed by atoms with Crippen LogP contribution in [0.4, 0.5) is 0 Å². The Labute approximate surface area is 158 Å². The standard InChI is InChI=1S/C21H26N2O4/c1-2-18(21(26)27)23(13-14-8-4-3-5-9-14)20(25)19(24)16-12-22-17-11-7-6-10-15(16)17/h6-7,10-12,14,18,22H,2-5,8-9,13H2,1H3,(H,26,27). The number of para-hydroxylation sites is 1. The van der Waals surface area contributed by atoms with Crippen LogP contribution >= 0.6 is 0 Å². The van der Waals surface area contributed by atoms with E-state index >= 15 is 0 Å². The van der Waals surface area contributed by atoms with Crippen molar-refractivity contribution < 1.29 is 19.5 Å². The number of carbonyl (C=O) groups is 3. The zero-order chi connectivity index (χ0) is 19.4. The van der Waals surface area contributed by atoms with Gasteiger partial charge in [0.25, 0.3) is 11.7 Å². The number of aromatic amines is 1. The highest BCUT2D eigenvalue weighted by molar-refractivity contribution is 6.45. The normalized spacial score (nSPS) is 16.2. The molecule has 0 aliphatic heterocycles. The summed E-state index contributed by atoms with van der Waals surface area (Å²) in [5.41, 5.74) is 1.07. The first-order chi connectivity index (χ1) is 13.0. The Kier molecular flexibility index (Phi) is 5.94. The number of Topliss-reactive ketones (excluding diaryl/α,β-unsaturated/α-hetero) is 1. The fraction of sp³-hybridized carbons (Fsp3) is 0.476. The van der Waals surface area contributed by atoms with Gasteiger partial charge in [-0.15, -0.1) is 0 Å². The molecule has 0 spiro atoms. The van der Waals surface area contributed by atoms with Crippen LogP contribution in [0.1, 0.15) is 55.8 Å². The van der Waals surface area contributed by atoms with Crippen molar-refractivity contribution in [3.8, 4) is 0 Å². The van der Waals surface area contributed by atoms with Crippen molar-refractivity contribution in [1.29, 1.82) is 0 Å². The monoisotopic (exact) mass is 370 g/mol. The van der Waals surface area contributed by atoms with Crippen LogP contribution in [0.15, 0.2) is 30.5 Å². The number of carbonyl (C=O) groups excluding carboxylic acids is 2. The molecule has 144 valence electrons. The molecule has 2 N–H and O–H groups in total. The Balaban J connectivity index is 1.88. The highest BCUT2D eigenvalue weighted by atomic mass is 16.4. The van der Waals surface area contributed by atoms with Gasteiger partial charge in [-0.1, -0.05) is 44.4 Å². The van der Waals surface area contributed by atoms with Gasteiger partial charge in [-0.25, -0.2) is 4.79 Å². The first-order valence-electron chi connectivity index (χ1n) is 9.67. The van der Waals surface area contributed by atoms with Crippen molar-refractivity contribution in [3.63, 3.8) is 0 Å². The predicted octanol–water partition coefficient (Wildman–Crippen LogP) is 3.62. The van der Waals surface area contributed by atoms with E-state index in [2.05, 4.69) is 4.98 Å². The zero-order valence-electron chi connectivity index (χ0n) is 15.6. The Morgan fingerprint density at radius 1 is 1.19 bits per heavy atom. The second-order valence-corrected chi connectivity index (χ2v) is 7.30. The summed E-state index contributed by atoms with van der Waals surface area (Å²) in [5.74, 6) is -2.18. The smallest absolute Gasteiger partial charge is 0.326 e. The number of rotatable bonds is 7. The number of hydrogen-bond donors (Lipinski definition) is 2. The number of ketones is 1. The van der Waals surface area contributed by atoms with Crippen LogP contribution in [0.5, 0.6) is 0 Å². The van der Waals surface area contributed by atoms with Crippen LogP contribution in [0, 0.1) is 5.92 Å². The van der Waals surface area contributed by atoms with Crippen LogP contribution in [0.3, 0.4) is 0 Å². The van der Waals surface area contributed by atoms with E-state index in [0.29, 0.717) is 17.5 Å². The maximum absolute atomic E-state index is 13.1. The van der Waals surface area contributed by atoms with E-state index in [1.165, 1.54) is 17.5 Å². The molecule has 1 aromatic carbocycles. The maximum Gasteiger partial charge on any atom is 0.326 e. The summed E-state index contributed by atoms with van der Waals surface area (Å²) in [6, 6.07) is 6.30. The molecule has 1 amide bonds. The quantitative estimate of drug-likeness (QED) is 0.575. The van der Waals surface area contributed by atoms with Crippen molar-refractivity contribution in [2.24, 2.45) is 5.92 Å². The highest BCUT2D eigenvalue weighted by Crippen LogP contribution is 2.26. The predicted molar refractivity (Wildman–Crippen MR) is 103 cm³/mol. The molecule has 0 radical (unpaired) electrons. The summed E-state index contributed by atoms with van der Waals surface area (Å²) in [5, 5.41) is 10.3. The number of H-pyrrole nitrogens is 1. The minimum atomic E-state index is -1.06. The van der Waals surface area contributed by atoms with Crippen LogP contribution in [-0.2, 0) is 9.59 Å². The largest absolute Gasteiger partial charge is 0.480 e. The molecule has 3 rings (SSSR count). The van der Waals surface area contributed by atoms with E-state index < -0.39 is 23.7 Å². The molecule has 1 aromatic heterocycles. The summed E-state index contributed by atoms with van der Waals surface area (Å²) in [7, 11) is 0. The lowest BCUT2D eigenvalue weighted by molar-refractivity contribution is -0.149. The van der Waals surface area contributed by atoms with Crippen molar-refractivity contribution in [2.45, 2.75) is 51.5 Å². The van der Waals surface area contributed by atoms with Crippen molar-refractivity contribution in [3.05, 3.63) is 36.0 Å². The van der Waals surface area contributed by atoms with Gasteiger partial charge in [0, 0.05) is 23.6 Å². The highest BCUT2D eigenvalue weighted by Gasteiger charge is 2.35. The van der Waals surface area contributed by atoms with Gasteiger partial charge in [0.15, 0.2) is 0 Å².